The van der Waals surface area contributed by atoms with E-state index in [1.165, 1.54) is 0 Å². The maximum atomic E-state index is 12.5. The van der Waals surface area contributed by atoms with Gasteiger partial charge in [-0.05, 0) is 100 Å². The molecule has 0 unspecified atom stereocenters. The van der Waals surface area contributed by atoms with Gasteiger partial charge < -0.3 is 14.0 Å². The van der Waals surface area contributed by atoms with Gasteiger partial charge in [0, 0.05) is 13.2 Å². The highest BCUT2D eigenvalue weighted by atomic mass is 32.2. The summed E-state index contributed by atoms with van der Waals surface area (Å²) in [6.45, 7) is 26.6. The van der Waals surface area contributed by atoms with Crippen molar-refractivity contribution < 1.29 is 26.6 Å². The van der Waals surface area contributed by atoms with E-state index in [4.69, 9.17) is 13.0 Å². The molecular weight excluding hydrogens is 617 g/mol. The van der Waals surface area contributed by atoms with Crippen molar-refractivity contribution in [3.8, 4) is 0 Å². The molecule has 0 aliphatic heterocycles. The minimum atomic E-state index is -3.76. The van der Waals surface area contributed by atoms with Crippen LogP contribution in [0.2, 0.25) is 36.3 Å². The summed E-state index contributed by atoms with van der Waals surface area (Å²) in [6.07, 6.45) is 12.1. The Balaban J connectivity index is 2.52. The molecule has 0 fully saturated rings. The zero-order valence-corrected chi connectivity index (χ0v) is 33.8. The Kier molecular flexibility index (Phi) is 17.8. The average molecular weight is 687 g/mol. The fraction of sp³-hybridized carbons (Fsp3) is 0.833. The van der Waals surface area contributed by atoms with E-state index in [9.17, 15) is 13.5 Å². The normalized spacial score (nSPS) is 13.9. The predicted octanol–water partition coefficient (Wildman–Crippen LogP) is 10.5. The molecule has 0 saturated heterocycles. The highest BCUT2D eigenvalue weighted by molar-refractivity contribution is 7.86. The van der Waals surface area contributed by atoms with Crippen LogP contribution in [0.15, 0.2) is 29.2 Å². The van der Waals surface area contributed by atoms with Crippen molar-refractivity contribution in [2.45, 2.75) is 179 Å². The lowest BCUT2D eigenvalue weighted by Gasteiger charge is -2.36. The second-order valence-corrected chi connectivity index (χ2v) is 27.6. The largest absolute Gasteiger partial charge is 0.417 e. The van der Waals surface area contributed by atoms with Crippen molar-refractivity contribution in [2.75, 3.05) is 19.8 Å². The first-order valence-electron chi connectivity index (χ1n) is 17.6. The standard InChI is InChI=1S/C36H70O6SSi2/c1-32-22-24-33(25-23-32)43(38,39)40-29-21-18-28-36(37,26-16-12-14-19-30-41-44(8,9)34(2,3)4)27-17-13-15-20-31-42-45(10,11)35(5,6)7/h22-25,37H,12-21,26-31H2,1-11H3. The third-order valence-electron chi connectivity index (χ3n) is 10.2. The van der Waals surface area contributed by atoms with Crippen LogP contribution in [0.25, 0.3) is 0 Å². The molecule has 45 heavy (non-hydrogen) atoms. The van der Waals surface area contributed by atoms with Gasteiger partial charge in [0.25, 0.3) is 10.1 Å². The Morgan fingerprint density at radius 3 is 1.36 bits per heavy atom. The fourth-order valence-electron chi connectivity index (χ4n) is 4.78. The second-order valence-electron chi connectivity index (χ2n) is 16.3. The minimum absolute atomic E-state index is 0.134. The highest BCUT2D eigenvalue weighted by Gasteiger charge is 2.37. The van der Waals surface area contributed by atoms with Crippen molar-refractivity contribution in [1.29, 1.82) is 0 Å². The number of aryl methyl sites for hydroxylation is 1. The maximum absolute atomic E-state index is 12.5. The van der Waals surface area contributed by atoms with E-state index in [1.807, 2.05) is 6.92 Å². The summed E-state index contributed by atoms with van der Waals surface area (Å²) in [5.41, 5.74) is 0.290. The quantitative estimate of drug-likeness (QED) is 0.0701. The molecule has 1 aromatic carbocycles. The van der Waals surface area contributed by atoms with Gasteiger partial charge >= 0.3 is 0 Å². The first kappa shape index (κ1) is 42.5. The van der Waals surface area contributed by atoms with E-state index in [2.05, 4.69) is 67.7 Å². The molecule has 0 aliphatic carbocycles. The summed E-state index contributed by atoms with van der Waals surface area (Å²) in [5, 5.41) is 12.1. The van der Waals surface area contributed by atoms with Crippen LogP contribution in [-0.2, 0) is 23.2 Å². The monoisotopic (exact) mass is 686 g/mol. The smallest absolute Gasteiger partial charge is 0.296 e. The molecular formula is C36H70O6SSi2. The van der Waals surface area contributed by atoms with Crippen LogP contribution < -0.4 is 0 Å². The van der Waals surface area contributed by atoms with Gasteiger partial charge in [-0.1, -0.05) is 97.8 Å². The Bertz CT molecular complexity index is 1020. The topological polar surface area (TPSA) is 82.1 Å². The third-order valence-corrected chi connectivity index (χ3v) is 20.6. The van der Waals surface area contributed by atoms with Crippen molar-refractivity contribution in [2.24, 2.45) is 0 Å². The van der Waals surface area contributed by atoms with Crippen molar-refractivity contribution in [3.05, 3.63) is 29.8 Å². The van der Waals surface area contributed by atoms with E-state index in [0.717, 1.165) is 89.4 Å². The van der Waals surface area contributed by atoms with Gasteiger partial charge in [-0.3, -0.25) is 4.18 Å². The molecule has 0 bridgehead atoms. The second kappa shape index (κ2) is 18.8. The lowest BCUT2D eigenvalue weighted by atomic mass is 9.85. The van der Waals surface area contributed by atoms with Crippen LogP contribution in [0.5, 0.6) is 0 Å². The van der Waals surface area contributed by atoms with Gasteiger partial charge in [0.15, 0.2) is 16.6 Å². The molecule has 1 N–H and O–H groups in total. The first-order valence-corrected chi connectivity index (χ1v) is 24.8. The molecule has 0 aliphatic rings. The van der Waals surface area contributed by atoms with Crippen LogP contribution in [0.4, 0.5) is 0 Å². The Morgan fingerprint density at radius 2 is 0.956 bits per heavy atom. The van der Waals surface area contributed by atoms with Crippen LogP contribution in [-0.4, -0.2) is 55.6 Å². The number of hydrogen-bond acceptors (Lipinski definition) is 6. The van der Waals surface area contributed by atoms with E-state index in [1.54, 1.807) is 24.3 Å². The molecule has 0 atom stereocenters. The molecule has 264 valence electrons. The number of rotatable bonds is 23. The fourth-order valence-corrected chi connectivity index (χ4v) is 7.90. The molecule has 0 spiro atoms. The van der Waals surface area contributed by atoms with E-state index >= 15 is 0 Å². The predicted molar refractivity (Wildman–Crippen MR) is 196 cm³/mol. The lowest BCUT2D eigenvalue weighted by Crippen LogP contribution is -2.40. The van der Waals surface area contributed by atoms with Crippen molar-refractivity contribution in [1.82, 2.24) is 0 Å². The zero-order chi connectivity index (χ0) is 34.4. The van der Waals surface area contributed by atoms with Gasteiger partial charge in [-0.25, -0.2) is 0 Å². The summed E-state index contributed by atoms with van der Waals surface area (Å²) >= 11 is 0. The SMILES string of the molecule is Cc1ccc(S(=O)(=O)OCCCCC(O)(CCCCCCO[Si](C)(C)C(C)(C)C)CCCCCCO[Si](C)(C)C(C)(C)C)cc1. The summed E-state index contributed by atoms with van der Waals surface area (Å²) in [6, 6.07) is 6.73. The van der Waals surface area contributed by atoms with Gasteiger partial charge in [0.1, 0.15) is 0 Å². The van der Waals surface area contributed by atoms with Gasteiger partial charge in [-0.15, -0.1) is 0 Å². The average Bonchev–Trinajstić information content (AvgIpc) is 2.90. The van der Waals surface area contributed by atoms with Crippen molar-refractivity contribution >= 4 is 26.8 Å². The molecule has 6 nitrogen and oxygen atoms in total. The summed E-state index contributed by atoms with van der Waals surface area (Å²) < 4.78 is 43.0. The highest BCUT2D eigenvalue weighted by Crippen LogP contribution is 2.37. The number of benzene rings is 1. The molecule has 0 heterocycles. The Morgan fingerprint density at radius 1 is 0.600 bits per heavy atom. The zero-order valence-electron chi connectivity index (χ0n) is 31.0. The van der Waals surface area contributed by atoms with Crippen LogP contribution in [0, 0.1) is 6.92 Å². The molecule has 1 rings (SSSR count). The molecule has 0 aromatic heterocycles. The van der Waals surface area contributed by atoms with Gasteiger partial charge in [-0.2, -0.15) is 8.42 Å². The third kappa shape index (κ3) is 16.4. The lowest BCUT2D eigenvalue weighted by molar-refractivity contribution is 0.00649. The van der Waals surface area contributed by atoms with Crippen LogP contribution in [0.1, 0.15) is 131 Å². The van der Waals surface area contributed by atoms with Gasteiger partial charge in [0.05, 0.1) is 17.1 Å². The number of unbranched alkanes of at least 4 members (excludes halogenated alkanes) is 7. The van der Waals surface area contributed by atoms with Crippen molar-refractivity contribution in [3.63, 3.8) is 0 Å². The van der Waals surface area contributed by atoms with Crippen LogP contribution in [0.3, 0.4) is 0 Å². The molecule has 0 radical (unpaired) electrons. The minimum Gasteiger partial charge on any atom is -0.417 e. The Hall–Kier alpha value is -0.556. The summed E-state index contributed by atoms with van der Waals surface area (Å²) in [7, 11) is -7.15. The molecule has 0 saturated carbocycles. The molecule has 1 aromatic rings. The summed E-state index contributed by atoms with van der Waals surface area (Å²) in [5.74, 6) is 0. The first-order chi connectivity index (χ1) is 20.6. The molecule has 0 amide bonds. The number of hydrogen-bond donors (Lipinski definition) is 1. The van der Waals surface area contributed by atoms with E-state index in [0.29, 0.717) is 12.8 Å². The number of aliphatic hydroxyl groups is 1. The van der Waals surface area contributed by atoms with Gasteiger partial charge in [0.2, 0.25) is 0 Å². The molecule has 9 heteroatoms. The van der Waals surface area contributed by atoms with Crippen LogP contribution >= 0.6 is 0 Å². The summed E-state index contributed by atoms with van der Waals surface area (Å²) in [4.78, 5) is 0.189. The Labute approximate surface area is 280 Å². The maximum Gasteiger partial charge on any atom is 0.296 e. The van der Waals surface area contributed by atoms with E-state index < -0.39 is 32.4 Å². The van der Waals surface area contributed by atoms with E-state index in [-0.39, 0.29) is 21.6 Å².